The molecule has 5 aromatic rings. The molecular weight excluding hydrogens is 805 g/mol. The third-order valence-electron chi connectivity index (χ3n) is 13.7. The molecule has 0 saturated carbocycles. The van der Waals surface area contributed by atoms with Crippen LogP contribution in [0.3, 0.4) is 0 Å². The van der Waals surface area contributed by atoms with Gasteiger partial charge in [-0.3, -0.25) is 9.59 Å². The first-order valence-corrected chi connectivity index (χ1v) is 22.3. The van der Waals surface area contributed by atoms with E-state index in [-0.39, 0.29) is 47.8 Å². The van der Waals surface area contributed by atoms with Crippen LogP contribution < -0.4 is 15.4 Å². The molecule has 0 bridgehead atoms. The molecule has 0 spiro atoms. The molecule has 5 N–H and O–H groups in total. The molecule has 16 nitrogen and oxygen atoms in total. The Bertz CT molecular complexity index is 2560. The number of carbonyl (C=O) groups is 4. The van der Waals surface area contributed by atoms with Gasteiger partial charge in [0, 0.05) is 35.6 Å². The largest absolute Gasteiger partial charge is 0.488 e. The fourth-order valence-electron chi connectivity index (χ4n) is 10.4. The van der Waals surface area contributed by atoms with Gasteiger partial charge in [-0.05, 0) is 104 Å². The van der Waals surface area contributed by atoms with Crippen LogP contribution in [0.4, 0.5) is 9.59 Å². The SMILES string of the molecule is CC[C@H]1CC[C@@H](c2nc3ccc4cc5c(cc4c3[nH]2)OCc2cc(-c3cnc([C@@H]4CC[C@H](C)N4C(=O)[C@@H](NC(=O)OC)C(C)C)[nH]3)ccc2-5)N1C(=O)[C@@H](NC(=O)O)[C@H]1CCCOC1. The van der Waals surface area contributed by atoms with E-state index in [4.69, 9.17) is 24.2 Å². The predicted octanol–water partition coefficient (Wildman–Crippen LogP) is 7.60. The molecule has 7 atom stereocenters. The summed E-state index contributed by atoms with van der Waals surface area (Å²) in [5.41, 5.74) is 6.51. The maximum absolute atomic E-state index is 14.4. The van der Waals surface area contributed by atoms with Crippen LogP contribution in [0.2, 0.25) is 0 Å². The topological polar surface area (TPSA) is 204 Å². The minimum atomic E-state index is -1.22. The average Bonchev–Trinajstić information content (AvgIpc) is 4.12. The van der Waals surface area contributed by atoms with Crippen molar-refractivity contribution in [1.82, 2.24) is 40.4 Å². The van der Waals surface area contributed by atoms with Gasteiger partial charge in [0.2, 0.25) is 11.8 Å². The number of H-pyrrole nitrogens is 2. The zero-order valence-electron chi connectivity index (χ0n) is 36.4. The third kappa shape index (κ3) is 7.82. The van der Waals surface area contributed by atoms with E-state index in [2.05, 4.69) is 63.9 Å². The number of hydrogen-bond donors (Lipinski definition) is 5. The number of amides is 4. The Morgan fingerprint density at radius 2 is 1.75 bits per heavy atom. The monoisotopic (exact) mass is 860 g/mol. The van der Waals surface area contributed by atoms with E-state index in [0.29, 0.717) is 37.9 Å². The Morgan fingerprint density at radius 1 is 0.937 bits per heavy atom. The lowest BCUT2D eigenvalue weighted by Gasteiger charge is -2.36. The second-order valence-corrected chi connectivity index (χ2v) is 17.8. The number of alkyl carbamates (subject to hydrolysis) is 1. The molecule has 4 aliphatic heterocycles. The number of nitrogens with one attached hydrogen (secondary N) is 4. The number of ether oxygens (including phenoxy) is 3. The minimum Gasteiger partial charge on any atom is -0.488 e. The highest BCUT2D eigenvalue weighted by atomic mass is 16.5. The fourth-order valence-corrected chi connectivity index (χ4v) is 10.4. The molecule has 3 saturated heterocycles. The molecule has 6 heterocycles. The Balaban J connectivity index is 0.971. The molecule has 4 aliphatic rings. The summed E-state index contributed by atoms with van der Waals surface area (Å²) >= 11 is 0. The van der Waals surface area contributed by atoms with E-state index in [1.165, 1.54) is 7.11 Å². The Labute approximate surface area is 365 Å². The molecule has 0 unspecified atom stereocenters. The number of likely N-dealkylation sites (tertiary alicyclic amines) is 2. The summed E-state index contributed by atoms with van der Waals surface area (Å²) < 4.78 is 16.9. The number of aromatic amines is 2. The quantitative estimate of drug-likeness (QED) is 0.0930. The van der Waals surface area contributed by atoms with Crippen LogP contribution >= 0.6 is 0 Å². The molecule has 0 aliphatic carbocycles. The number of hydrogen-bond acceptors (Lipinski definition) is 9. The molecule has 332 valence electrons. The highest BCUT2D eigenvalue weighted by Gasteiger charge is 2.44. The first-order valence-electron chi connectivity index (χ1n) is 22.3. The van der Waals surface area contributed by atoms with Crippen molar-refractivity contribution in [1.29, 1.82) is 0 Å². The zero-order chi connectivity index (χ0) is 44.1. The van der Waals surface area contributed by atoms with E-state index in [0.717, 1.165) is 94.0 Å². The van der Waals surface area contributed by atoms with Gasteiger partial charge in [-0.15, -0.1) is 0 Å². The normalized spacial score (nSPS) is 23.0. The van der Waals surface area contributed by atoms with Gasteiger partial charge in [0.25, 0.3) is 0 Å². The van der Waals surface area contributed by atoms with Crippen molar-refractivity contribution < 1.29 is 38.5 Å². The maximum atomic E-state index is 14.4. The van der Waals surface area contributed by atoms with Crippen LogP contribution in [-0.4, -0.2) is 103 Å². The van der Waals surface area contributed by atoms with Crippen LogP contribution in [0.15, 0.2) is 48.7 Å². The highest BCUT2D eigenvalue weighted by molar-refractivity contribution is 6.07. The molecule has 16 heteroatoms. The van der Waals surface area contributed by atoms with Crippen molar-refractivity contribution in [3.63, 3.8) is 0 Å². The fraction of sp³-hybridized carbons (Fsp3) is 0.489. The predicted molar refractivity (Wildman–Crippen MR) is 235 cm³/mol. The number of benzene rings is 3. The molecule has 0 radical (unpaired) electrons. The van der Waals surface area contributed by atoms with Crippen molar-refractivity contribution in [3.8, 4) is 28.1 Å². The number of aromatic nitrogens is 4. The summed E-state index contributed by atoms with van der Waals surface area (Å²) in [6.45, 7) is 9.22. The number of carbonyl (C=O) groups excluding carboxylic acids is 3. The summed E-state index contributed by atoms with van der Waals surface area (Å²) in [5, 5.41) is 17.0. The van der Waals surface area contributed by atoms with Crippen molar-refractivity contribution in [2.75, 3.05) is 20.3 Å². The van der Waals surface area contributed by atoms with Crippen LogP contribution in [0.25, 0.3) is 44.2 Å². The van der Waals surface area contributed by atoms with Gasteiger partial charge in [0.1, 0.15) is 36.1 Å². The maximum Gasteiger partial charge on any atom is 0.407 e. The van der Waals surface area contributed by atoms with Crippen LogP contribution in [-0.2, 0) is 25.7 Å². The van der Waals surface area contributed by atoms with Crippen LogP contribution in [0.5, 0.6) is 5.75 Å². The Kier molecular flexibility index (Phi) is 11.5. The summed E-state index contributed by atoms with van der Waals surface area (Å²) in [7, 11) is 1.29. The molecule has 9 rings (SSSR count). The van der Waals surface area contributed by atoms with E-state index < -0.39 is 24.3 Å². The first-order chi connectivity index (χ1) is 30.4. The number of methoxy groups -OCH3 is 1. The van der Waals surface area contributed by atoms with E-state index >= 15 is 0 Å². The third-order valence-corrected chi connectivity index (χ3v) is 13.7. The summed E-state index contributed by atoms with van der Waals surface area (Å²) in [4.78, 5) is 72.9. The summed E-state index contributed by atoms with van der Waals surface area (Å²) in [5.74, 6) is 1.40. The van der Waals surface area contributed by atoms with Gasteiger partial charge < -0.3 is 49.7 Å². The standard InChI is InChI=1S/C47H56N8O8/c1-6-30-12-16-37(55(30)45(57)40(52-46(58)59)28-8-7-17-62-22-28)43-49-34-14-11-26-19-33-31-13-10-27(18-29(31)23-63-38(33)20-32(26)41(34)51-43)35-21-48-42(50-35)36-15-9-25(4)54(36)44(56)39(24(2)3)53-47(60)61-5/h10-11,13-14,18-21,24-25,28,30,36-37,39-40,52H,6-9,12,15-17,22-23H2,1-5H3,(H,48,50)(H,49,51)(H,53,60)(H,58,59)/t25-,28-,30-,36-,37-,39-,40-/m0/s1. The minimum absolute atomic E-state index is 0.0215. The molecule has 3 fully saturated rings. The summed E-state index contributed by atoms with van der Waals surface area (Å²) in [6.07, 6.45) is 5.28. The van der Waals surface area contributed by atoms with Crippen LogP contribution in [0.1, 0.15) is 102 Å². The number of rotatable bonds is 10. The average molecular weight is 861 g/mol. The van der Waals surface area contributed by atoms with Gasteiger partial charge in [-0.1, -0.05) is 39.0 Å². The lowest BCUT2D eigenvalue weighted by molar-refractivity contribution is -0.139. The van der Waals surface area contributed by atoms with Crippen molar-refractivity contribution in [2.45, 2.75) is 115 Å². The molecule has 63 heavy (non-hydrogen) atoms. The second kappa shape index (κ2) is 17.2. The van der Waals surface area contributed by atoms with Gasteiger partial charge in [-0.25, -0.2) is 19.6 Å². The highest BCUT2D eigenvalue weighted by Crippen LogP contribution is 2.44. The van der Waals surface area contributed by atoms with Crippen molar-refractivity contribution in [2.24, 2.45) is 11.8 Å². The zero-order valence-corrected chi connectivity index (χ0v) is 36.4. The van der Waals surface area contributed by atoms with E-state index in [1.54, 1.807) is 0 Å². The van der Waals surface area contributed by atoms with Crippen molar-refractivity contribution >= 4 is 45.8 Å². The number of fused-ring (bicyclic) bond motifs is 6. The van der Waals surface area contributed by atoms with E-state index in [1.807, 2.05) is 42.8 Å². The lowest BCUT2D eigenvalue weighted by Crippen LogP contribution is -2.55. The van der Waals surface area contributed by atoms with E-state index in [9.17, 15) is 24.3 Å². The van der Waals surface area contributed by atoms with Gasteiger partial charge in [-0.2, -0.15) is 0 Å². The van der Waals surface area contributed by atoms with Gasteiger partial charge >= 0.3 is 12.2 Å². The van der Waals surface area contributed by atoms with Gasteiger partial charge in [0.15, 0.2) is 0 Å². The number of imidazole rings is 2. The van der Waals surface area contributed by atoms with Crippen LogP contribution in [0, 0.1) is 11.8 Å². The van der Waals surface area contributed by atoms with Gasteiger partial charge in [0.05, 0.1) is 48.7 Å². The number of nitrogens with zero attached hydrogens (tertiary/aromatic N) is 4. The Morgan fingerprint density at radius 3 is 2.49 bits per heavy atom. The lowest BCUT2D eigenvalue weighted by atomic mass is 9.92. The molecule has 3 aromatic carbocycles. The summed E-state index contributed by atoms with van der Waals surface area (Å²) in [6, 6.07) is 12.3. The Hall–Kier alpha value is -6.16. The number of carboxylic acid groups (broad SMARTS) is 1. The first kappa shape index (κ1) is 42.2. The molecular formula is C47H56N8O8. The molecule has 4 amide bonds. The smallest absolute Gasteiger partial charge is 0.407 e. The van der Waals surface area contributed by atoms with Crippen molar-refractivity contribution in [3.05, 3.63) is 65.9 Å². The second-order valence-electron chi connectivity index (χ2n) is 17.8. The molecule has 2 aromatic heterocycles.